The van der Waals surface area contributed by atoms with Crippen LogP contribution in [-0.2, 0) is 27.9 Å². The average Bonchev–Trinajstić information content (AvgIpc) is 3.21. The van der Waals surface area contributed by atoms with Crippen LogP contribution in [0.2, 0.25) is 0 Å². The van der Waals surface area contributed by atoms with E-state index in [-0.39, 0.29) is 29.7 Å². The molecule has 2 aromatic carbocycles. The number of fused-ring (bicyclic) bond motifs is 1. The SMILES string of the molecule is CCCn1nnc2cc(S(=O)(=O)N3CCCC[C@H]3C(=O)NCc3ccc(F)cc3)ccc21. The third kappa shape index (κ3) is 4.51. The summed E-state index contributed by atoms with van der Waals surface area (Å²) in [5, 5.41) is 11.0. The number of sulfonamides is 1. The Morgan fingerprint density at radius 1 is 1.19 bits per heavy atom. The molecule has 32 heavy (non-hydrogen) atoms. The van der Waals surface area contributed by atoms with Gasteiger partial charge in [0.25, 0.3) is 0 Å². The van der Waals surface area contributed by atoms with Gasteiger partial charge in [-0.15, -0.1) is 5.10 Å². The minimum Gasteiger partial charge on any atom is -0.351 e. The molecule has 0 bridgehead atoms. The lowest BCUT2D eigenvalue weighted by Crippen LogP contribution is -2.51. The molecule has 1 atom stereocenters. The van der Waals surface area contributed by atoms with E-state index in [4.69, 9.17) is 0 Å². The fourth-order valence-electron chi connectivity index (χ4n) is 3.99. The maximum atomic E-state index is 13.4. The molecule has 1 aliphatic heterocycles. The second-order valence-corrected chi connectivity index (χ2v) is 9.83. The summed E-state index contributed by atoms with van der Waals surface area (Å²) in [5.74, 6) is -0.705. The predicted molar refractivity (Wildman–Crippen MR) is 118 cm³/mol. The third-order valence-corrected chi connectivity index (χ3v) is 7.57. The Morgan fingerprint density at radius 2 is 1.97 bits per heavy atom. The van der Waals surface area contributed by atoms with E-state index in [0.717, 1.165) is 23.9 Å². The third-order valence-electron chi connectivity index (χ3n) is 5.66. The molecule has 1 fully saturated rings. The van der Waals surface area contributed by atoms with Crippen molar-refractivity contribution in [2.45, 2.75) is 56.6 Å². The van der Waals surface area contributed by atoms with Gasteiger partial charge in [0.2, 0.25) is 15.9 Å². The van der Waals surface area contributed by atoms with Crippen LogP contribution in [0.1, 0.15) is 38.2 Å². The molecule has 0 saturated carbocycles. The number of nitrogens with zero attached hydrogens (tertiary/aromatic N) is 4. The van der Waals surface area contributed by atoms with Gasteiger partial charge in [-0.2, -0.15) is 4.31 Å². The van der Waals surface area contributed by atoms with Crippen LogP contribution in [0.15, 0.2) is 47.4 Å². The zero-order valence-electron chi connectivity index (χ0n) is 17.9. The summed E-state index contributed by atoms with van der Waals surface area (Å²) in [4.78, 5) is 13.0. The van der Waals surface area contributed by atoms with Crippen molar-refractivity contribution in [1.29, 1.82) is 0 Å². The Hall–Kier alpha value is -2.85. The van der Waals surface area contributed by atoms with Crippen LogP contribution in [0, 0.1) is 5.82 Å². The molecule has 1 aromatic heterocycles. The lowest BCUT2D eigenvalue weighted by atomic mass is 10.0. The van der Waals surface area contributed by atoms with Gasteiger partial charge in [-0.1, -0.05) is 30.7 Å². The van der Waals surface area contributed by atoms with Gasteiger partial charge in [0.05, 0.1) is 10.4 Å². The molecule has 1 N–H and O–H groups in total. The summed E-state index contributed by atoms with van der Waals surface area (Å²) < 4.78 is 43.0. The van der Waals surface area contributed by atoms with Crippen LogP contribution >= 0.6 is 0 Å². The molecule has 1 aliphatic rings. The first-order valence-electron chi connectivity index (χ1n) is 10.8. The van der Waals surface area contributed by atoms with Crippen LogP contribution in [0.5, 0.6) is 0 Å². The van der Waals surface area contributed by atoms with Gasteiger partial charge in [0.1, 0.15) is 17.4 Å². The summed E-state index contributed by atoms with van der Waals surface area (Å²) in [5.41, 5.74) is 2.03. The fourth-order valence-corrected chi connectivity index (χ4v) is 5.67. The summed E-state index contributed by atoms with van der Waals surface area (Å²) in [7, 11) is -3.89. The highest BCUT2D eigenvalue weighted by molar-refractivity contribution is 7.89. The van der Waals surface area contributed by atoms with Crippen LogP contribution in [0.3, 0.4) is 0 Å². The highest BCUT2D eigenvalue weighted by atomic mass is 32.2. The van der Waals surface area contributed by atoms with E-state index in [9.17, 15) is 17.6 Å². The zero-order valence-corrected chi connectivity index (χ0v) is 18.7. The zero-order chi connectivity index (χ0) is 22.7. The van der Waals surface area contributed by atoms with Crippen LogP contribution in [0.25, 0.3) is 11.0 Å². The smallest absolute Gasteiger partial charge is 0.243 e. The van der Waals surface area contributed by atoms with E-state index < -0.39 is 16.1 Å². The van der Waals surface area contributed by atoms with E-state index in [0.29, 0.717) is 24.9 Å². The van der Waals surface area contributed by atoms with Gasteiger partial charge in [-0.3, -0.25) is 4.79 Å². The summed E-state index contributed by atoms with van der Waals surface area (Å²) >= 11 is 0. The van der Waals surface area contributed by atoms with Crippen molar-refractivity contribution >= 4 is 27.0 Å². The van der Waals surface area contributed by atoms with Crippen molar-refractivity contribution in [2.24, 2.45) is 0 Å². The summed E-state index contributed by atoms with van der Waals surface area (Å²) in [6.07, 6.45) is 2.80. The minimum atomic E-state index is -3.89. The Morgan fingerprint density at radius 3 is 2.72 bits per heavy atom. The van der Waals surface area contributed by atoms with Crippen LogP contribution < -0.4 is 5.32 Å². The number of aryl methyl sites for hydroxylation is 1. The Labute approximate surface area is 186 Å². The number of hydrogen-bond acceptors (Lipinski definition) is 5. The van der Waals surface area contributed by atoms with Crippen molar-refractivity contribution in [3.63, 3.8) is 0 Å². The molecular formula is C22H26FN5O3S. The van der Waals surface area contributed by atoms with Gasteiger partial charge >= 0.3 is 0 Å². The van der Waals surface area contributed by atoms with Gasteiger partial charge in [0.15, 0.2) is 0 Å². The van der Waals surface area contributed by atoms with E-state index in [1.165, 1.54) is 22.5 Å². The average molecular weight is 460 g/mol. The van der Waals surface area contributed by atoms with Gasteiger partial charge in [-0.25, -0.2) is 17.5 Å². The molecule has 2 heterocycles. The number of aromatic nitrogens is 3. The first kappa shape index (κ1) is 22.3. The number of carbonyl (C=O) groups is 1. The van der Waals surface area contributed by atoms with Crippen molar-refractivity contribution in [3.8, 4) is 0 Å². The highest BCUT2D eigenvalue weighted by Crippen LogP contribution is 2.27. The molecule has 0 unspecified atom stereocenters. The number of benzene rings is 2. The topological polar surface area (TPSA) is 97.2 Å². The van der Waals surface area contributed by atoms with Crippen molar-refractivity contribution < 1.29 is 17.6 Å². The predicted octanol–water partition coefficient (Wildman–Crippen LogP) is 2.84. The van der Waals surface area contributed by atoms with E-state index in [1.807, 2.05) is 6.92 Å². The number of rotatable bonds is 7. The maximum Gasteiger partial charge on any atom is 0.243 e. The first-order chi connectivity index (χ1) is 15.4. The van der Waals surface area contributed by atoms with Crippen molar-refractivity contribution in [1.82, 2.24) is 24.6 Å². The first-order valence-corrected chi connectivity index (χ1v) is 12.2. The number of carbonyl (C=O) groups excluding carboxylic acids is 1. The van der Waals surface area contributed by atoms with Gasteiger partial charge in [-0.05, 0) is 55.2 Å². The molecule has 0 radical (unpaired) electrons. The largest absolute Gasteiger partial charge is 0.351 e. The minimum absolute atomic E-state index is 0.104. The number of amides is 1. The molecule has 170 valence electrons. The number of piperidine rings is 1. The Kier molecular flexibility index (Phi) is 6.52. The standard InChI is InChI=1S/C22H26FN5O3S/c1-2-12-27-20-11-10-18(14-19(20)25-26-27)32(30,31)28-13-4-3-5-21(28)22(29)24-15-16-6-8-17(23)9-7-16/h6-11,14,21H,2-5,12-13,15H2,1H3,(H,24,29)/t21-/m0/s1. The molecule has 4 rings (SSSR count). The van der Waals surface area contributed by atoms with E-state index in [1.54, 1.807) is 28.9 Å². The second kappa shape index (κ2) is 9.33. The van der Waals surface area contributed by atoms with Crippen molar-refractivity contribution in [3.05, 3.63) is 53.8 Å². The Balaban J connectivity index is 1.54. The van der Waals surface area contributed by atoms with Gasteiger partial charge < -0.3 is 5.32 Å². The molecule has 0 spiro atoms. The fraction of sp³-hybridized carbons (Fsp3) is 0.409. The summed E-state index contributed by atoms with van der Waals surface area (Å²) in [6, 6.07) is 9.82. The number of hydrogen-bond donors (Lipinski definition) is 1. The van der Waals surface area contributed by atoms with E-state index >= 15 is 0 Å². The molecular weight excluding hydrogens is 433 g/mol. The number of halogens is 1. The molecule has 10 heteroatoms. The molecule has 1 amide bonds. The Bertz CT molecular complexity index is 1210. The highest BCUT2D eigenvalue weighted by Gasteiger charge is 2.37. The monoisotopic (exact) mass is 459 g/mol. The maximum absolute atomic E-state index is 13.4. The summed E-state index contributed by atoms with van der Waals surface area (Å²) in [6.45, 7) is 3.21. The van der Waals surface area contributed by atoms with E-state index in [2.05, 4.69) is 15.6 Å². The quantitative estimate of drug-likeness (QED) is 0.586. The normalized spacial score (nSPS) is 17.5. The van der Waals surface area contributed by atoms with Gasteiger partial charge in [0, 0.05) is 19.6 Å². The van der Waals surface area contributed by atoms with Crippen LogP contribution in [-0.4, -0.2) is 46.2 Å². The second-order valence-electron chi connectivity index (χ2n) is 7.93. The molecule has 3 aromatic rings. The molecule has 0 aliphatic carbocycles. The van der Waals surface area contributed by atoms with Crippen LogP contribution in [0.4, 0.5) is 4.39 Å². The molecule has 8 nitrogen and oxygen atoms in total. The lowest BCUT2D eigenvalue weighted by molar-refractivity contribution is -0.125. The molecule has 1 saturated heterocycles. The van der Waals surface area contributed by atoms with Crippen molar-refractivity contribution in [2.75, 3.05) is 6.54 Å². The number of nitrogens with one attached hydrogen (secondary N) is 1. The lowest BCUT2D eigenvalue weighted by Gasteiger charge is -2.33.